The molecule has 0 heterocycles. The van der Waals surface area contributed by atoms with Crippen molar-refractivity contribution in [3.05, 3.63) is 24.3 Å². The lowest BCUT2D eigenvalue weighted by Crippen LogP contribution is -2.35. The minimum atomic E-state index is 0. The molecule has 112 valence electrons. The molecule has 1 aliphatic carbocycles. The standard InChI is InChI=1S/C15H22N2O2.ClH/c1-19-13-7-4-6-12(10-13)17-15(18)9-11-5-2-3-8-14(11)16;/h4,6-7,10-11,14H,2-3,5,8-9,16H2,1H3,(H,17,18);1H. The van der Waals surface area contributed by atoms with Crippen LogP contribution in [0.5, 0.6) is 5.75 Å². The molecule has 2 unspecified atom stereocenters. The second-order valence-corrected chi connectivity index (χ2v) is 5.19. The molecule has 1 saturated carbocycles. The summed E-state index contributed by atoms with van der Waals surface area (Å²) in [6.45, 7) is 0. The van der Waals surface area contributed by atoms with Crippen molar-refractivity contribution >= 4 is 24.0 Å². The van der Waals surface area contributed by atoms with Gasteiger partial charge in [0.2, 0.25) is 5.91 Å². The maximum absolute atomic E-state index is 12.0. The Morgan fingerprint density at radius 3 is 2.85 bits per heavy atom. The summed E-state index contributed by atoms with van der Waals surface area (Å²) in [5, 5.41) is 2.91. The van der Waals surface area contributed by atoms with E-state index in [1.54, 1.807) is 7.11 Å². The lowest BCUT2D eigenvalue weighted by Gasteiger charge is -2.27. The minimum Gasteiger partial charge on any atom is -0.497 e. The molecule has 5 heteroatoms. The Labute approximate surface area is 126 Å². The van der Waals surface area contributed by atoms with E-state index >= 15 is 0 Å². The van der Waals surface area contributed by atoms with E-state index in [0.29, 0.717) is 12.3 Å². The van der Waals surface area contributed by atoms with Crippen molar-refractivity contribution in [3.63, 3.8) is 0 Å². The number of amides is 1. The van der Waals surface area contributed by atoms with Crippen LogP contribution < -0.4 is 15.8 Å². The molecular weight excluding hydrogens is 276 g/mol. The summed E-state index contributed by atoms with van der Waals surface area (Å²) in [5.41, 5.74) is 6.84. The summed E-state index contributed by atoms with van der Waals surface area (Å²) in [6.07, 6.45) is 4.99. The summed E-state index contributed by atoms with van der Waals surface area (Å²) in [6, 6.07) is 7.57. The van der Waals surface area contributed by atoms with Crippen molar-refractivity contribution in [3.8, 4) is 5.75 Å². The first kappa shape index (κ1) is 16.8. The lowest BCUT2D eigenvalue weighted by molar-refractivity contribution is -0.117. The number of methoxy groups -OCH3 is 1. The molecule has 4 nitrogen and oxygen atoms in total. The van der Waals surface area contributed by atoms with E-state index < -0.39 is 0 Å². The molecule has 20 heavy (non-hydrogen) atoms. The number of hydrogen-bond acceptors (Lipinski definition) is 3. The summed E-state index contributed by atoms with van der Waals surface area (Å²) in [7, 11) is 1.61. The first-order valence-corrected chi connectivity index (χ1v) is 6.88. The number of nitrogens with one attached hydrogen (secondary N) is 1. The highest BCUT2D eigenvalue weighted by atomic mass is 35.5. The molecule has 1 aromatic rings. The Morgan fingerprint density at radius 1 is 1.40 bits per heavy atom. The third-order valence-electron chi connectivity index (χ3n) is 3.77. The molecule has 3 N–H and O–H groups in total. The van der Waals surface area contributed by atoms with Gasteiger partial charge in [0.15, 0.2) is 0 Å². The van der Waals surface area contributed by atoms with E-state index in [1.165, 1.54) is 12.8 Å². The van der Waals surface area contributed by atoms with Crippen LogP contribution in [0.4, 0.5) is 5.69 Å². The maximum atomic E-state index is 12.0. The fourth-order valence-corrected chi connectivity index (χ4v) is 2.64. The number of halogens is 1. The first-order valence-electron chi connectivity index (χ1n) is 6.88. The number of hydrogen-bond donors (Lipinski definition) is 2. The number of ether oxygens (including phenoxy) is 1. The highest BCUT2D eigenvalue weighted by Gasteiger charge is 2.24. The lowest BCUT2D eigenvalue weighted by atomic mass is 9.83. The molecule has 1 aromatic carbocycles. The molecular formula is C15H23ClN2O2. The minimum absolute atomic E-state index is 0. The van der Waals surface area contributed by atoms with Crippen molar-refractivity contribution in [2.45, 2.75) is 38.1 Å². The monoisotopic (exact) mass is 298 g/mol. The molecule has 0 spiro atoms. The summed E-state index contributed by atoms with van der Waals surface area (Å²) in [5.74, 6) is 1.10. The van der Waals surface area contributed by atoms with Crippen LogP contribution in [0.2, 0.25) is 0 Å². The zero-order valence-corrected chi connectivity index (χ0v) is 12.6. The van der Waals surface area contributed by atoms with Gasteiger partial charge in [0.25, 0.3) is 0 Å². The van der Waals surface area contributed by atoms with Gasteiger partial charge < -0.3 is 15.8 Å². The highest BCUT2D eigenvalue weighted by Crippen LogP contribution is 2.26. The Hall–Kier alpha value is -1.26. The number of carbonyl (C=O) groups is 1. The van der Waals surface area contributed by atoms with Gasteiger partial charge in [0, 0.05) is 24.2 Å². The molecule has 2 rings (SSSR count). The van der Waals surface area contributed by atoms with Gasteiger partial charge in [-0.25, -0.2) is 0 Å². The second-order valence-electron chi connectivity index (χ2n) is 5.19. The number of benzene rings is 1. The highest BCUT2D eigenvalue weighted by molar-refractivity contribution is 5.91. The van der Waals surface area contributed by atoms with Crippen LogP contribution in [0.3, 0.4) is 0 Å². The Balaban J connectivity index is 0.00000200. The zero-order chi connectivity index (χ0) is 13.7. The average Bonchev–Trinajstić information content (AvgIpc) is 2.41. The summed E-state index contributed by atoms with van der Waals surface area (Å²) < 4.78 is 5.13. The molecule has 0 aromatic heterocycles. The molecule has 2 atom stereocenters. The van der Waals surface area contributed by atoms with Crippen LogP contribution in [-0.2, 0) is 4.79 Å². The SMILES string of the molecule is COc1cccc(NC(=O)CC2CCCCC2N)c1.Cl. The fourth-order valence-electron chi connectivity index (χ4n) is 2.64. The number of anilines is 1. The van der Waals surface area contributed by atoms with E-state index in [-0.39, 0.29) is 24.4 Å². The van der Waals surface area contributed by atoms with Gasteiger partial charge >= 0.3 is 0 Å². The van der Waals surface area contributed by atoms with Crippen molar-refractivity contribution in [1.82, 2.24) is 0 Å². The number of carbonyl (C=O) groups excluding carboxylic acids is 1. The van der Waals surface area contributed by atoms with E-state index in [1.807, 2.05) is 24.3 Å². The van der Waals surface area contributed by atoms with Crippen molar-refractivity contribution < 1.29 is 9.53 Å². The summed E-state index contributed by atoms with van der Waals surface area (Å²) in [4.78, 5) is 12.0. The zero-order valence-electron chi connectivity index (χ0n) is 11.8. The fraction of sp³-hybridized carbons (Fsp3) is 0.533. The third-order valence-corrected chi connectivity index (χ3v) is 3.77. The maximum Gasteiger partial charge on any atom is 0.224 e. The third kappa shape index (κ3) is 4.69. The quantitative estimate of drug-likeness (QED) is 0.898. The van der Waals surface area contributed by atoms with Crippen LogP contribution >= 0.6 is 12.4 Å². The molecule has 1 fully saturated rings. The Bertz CT molecular complexity index is 440. The smallest absolute Gasteiger partial charge is 0.224 e. The molecule has 0 aliphatic heterocycles. The van der Waals surface area contributed by atoms with Gasteiger partial charge in [-0.3, -0.25) is 4.79 Å². The predicted octanol–water partition coefficient (Wildman–Crippen LogP) is 2.96. The van der Waals surface area contributed by atoms with Crippen LogP contribution in [0.25, 0.3) is 0 Å². The van der Waals surface area contributed by atoms with Crippen molar-refractivity contribution in [2.24, 2.45) is 11.7 Å². The molecule has 1 aliphatic rings. The largest absolute Gasteiger partial charge is 0.497 e. The van der Waals surface area contributed by atoms with E-state index in [9.17, 15) is 4.79 Å². The topological polar surface area (TPSA) is 64.3 Å². The number of nitrogens with two attached hydrogens (primary N) is 1. The van der Waals surface area contributed by atoms with Crippen molar-refractivity contribution in [1.29, 1.82) is 0 Å². The first-order chi connectivity index (χ1) is 9.19. The number of rotatable bonds is 4. The normalized spacial score (nSPS) is 21.7. The van der Waals surface area contributed by atoms with E-state index in [0.717, 1.165) is 24.3 Å². The van der Waals surface area contributed by atoms with Gasteiger partial charge in [-0.15, -0.1) is 12.4 Å². The predicted molar refractivity (Wildman–Crippen MR) is 83.4 cm³/mol. The second kappa shape index (κ2) is 8.12. The van der Waals surface area contributed by atoms with E-state index in [4.69, 9.17) is 10.5 Å². The Morgan fingerprint density at radius 2 is 2.15 bits per heavy atom. The Kier molecular flexibility index (Phi) is 6.82. The molecule has 0 bridgehead atoms. The van der Waals surface area contributed by atoms with Gasteiger partial charge in [0.05, 0.1) is 7.11 Å². The van der Waals surface area contributed by atoms with Gasteiger partial charge in [-0.2, -0.15) is 0 Å². The van der Waals surface area contributed by atoms with Crippen LogP contribution in [0.1, 0.15) is 32.1 Å². The van der Waals surface area contributed by atoms with Crippen LogP contribution in [-0.4, -0.2) is 19.1 Å². The molecule has 0 radical (unpaired) electrons. The summed E-state index contributed by atoms with van der Waals surface area (Å²) >= 11 is 0. The van der Waals surface area contributed by atoms with Gasteiger partial charge in [-0.1, -0.05) is 18.9 Å². The van der Waals surface area contributed by atoms with Crippen LogP contribution in [0.15, 0.2) is 24.3 Å². The van der Waals surface area contributed by atoms with Crippen molar-refractivity contribution in [2.75, 3.05) is 12.4 Å². The molecule has 1 amide bonds. The van der Waals surface area contributed by atoms with Gasteiger partial charge in [-0.05, 0) is 30.9 Å². The molecule has 0 saturated heterocycles. The average molecular weight is 299 g/mol. The van der Waals surface area contributed by atoms with Crippen LogP contribution in [0, 0.1) is 5.92 Å². The van der Waals surface area contributed by atoms with Gasteiger partial charge in [0.1, 0.15) is 5.75 Å². The van der Waals surface area contributed by atoms with E-state index in [2.05, 4.69) is 5.32 Å².